The second-order valence-corrected chi connectivity index (χ2v) is 8.82. The first kappa shape index (κ1) is 21.6. The van der Waals surface area contributed by atoms with Crippen LogP contribution in [0, 0.1) is 0 Å². The van der Waals surface area contributed by atoms with E-state index in [-0.39, 0.29) is 0 Å². The summed E-state index contributed by atoms with van der Waals surface area (Å²) >= 11 is 6.94. The molecule has 2 N–H and O–H groups in total. The van der Waals surface area contributed by atoms with Crippen molar-refractivity contribution in [2.45, 2.75) is 13.1 Å². The minimum atomic E-state index is 0.431. The first-order valence-corrected chi connectivity index (χ1v) is 11.4. The number of pyridine rings is 2. The number of hydrogen-bond donors (Lipinski definition) is 1. The van der Waals surface area contributed by atoms with Gasteiger partial charge < -0.3 is 5.73 Å². The van der Waals surface area contributed by atoms with Crippen LogP contribution in [0.25, 0.3) is 11.3 Å². The van der Waals surface area contributed by atoms with Gasteiger partial charge in [-0.2, -0.15) is 0 Å². The van der Waals surface area contributed by atoms with Crippen LogP contribution in [0.15, 0.2) is 99.3 Å². The van der Waals surface area contributed by atoms with Crippen molar-refractivity contribution < 1.29 is 0 Å². The molecule has 0 atom stereocenters. The Bertz CT molecular complexity index is 1210. The average Bonchev–Trinajstić information content (AvgIpc) is 2.80. The van der Waals surface area contributed by atoms with Crippen LogP contribution in [0.5, 0.6) is 0 Å². The van der Waals surface area contributed by atoms with Crippen molar-refractivity contribution in [3.8, 4) is 11.3 Å². The molecule has 0 aliphatic carbocycles. The lowest BCUT2D eigenvalue weighted by Crippen LogP contribution is -2.05. The molecular formula is C25H20Br2N4. The molecule has 0 saturated carbocycles. The van der Waals surface area contributed by atoms with Crippen LogP contribution in [0.3, 0.4) is 0 Å². The van der Waals surface area contributed by atoms with Crippen LogP contribution in [0.2, 0.25) is 0 Å². The Morgan fingerprint density at radius 2 is 1.55 bits per heavy atom. The third-order valence-corrected chi connectivity index (χ3v) is 5.68. The highest BCUT2D eigenvalue weighted by atomic mass is 79.9. The number of aromatic nitrogens is 2. The Morgan fingerprint density at radius 1 is 0.839 bits per heavy atom. The zero-order chi connectivity index (χ0) is 21.6. The van der Waals surface area contributed by atoms with Crippen LogP contribution in [-0.2, 0) is 13.1 Å². The van der Waals surface area contributed by atoms with E-state index in [2.05, 4.69) is 78.2 Å². The largest absolute Gasteiger partial charge is 0.326 e. The molecule has 0 fully saturated rings. The van der Waals surface area contributed by atoms with E-state index in [1.807, 2.05) is 36.5 Å². The van der Waals surface area contributed by atoms with Crippen LogP contribution in [-0.4, -0.2) is 15.7 Å². The molecular weight excluding hydrogens is 516 g/mol. The van der Waals surface area contributed by atoms with Gasteiger partial charge in [-0.25, -0.2) is 0 Å². The van der Waals surface area contributed by atoms with Gasteiger partial charge in [0.1, 0.15) is 0 Å². The van der Waals surface area contributed by atoms with Gasteiger partial charge in [-0.3, -0.25) is 15.0 Å². The van der Waals surface area contributed by atoms with Crippen molar-refractivity contribution in [2.75, 3.05) is 0 Å². The molecule has 0 aliphatic rings. The predicted molar refractivity (Wildman–Crippen MR) is 133 cm³/mol. The van der Waals surface area contributed by atoms with Gasteiger partial charge in [-0.1, -0.05) is 54.6 Å². The lowest BCUT2D eigenvalue weighted by molar-refractivity contribution is 1.04. The summed E-state index contributed by atoms with van der Waals surface area (Å²) in [6.45, 7) is 0.977. The van der Waals surface area contributed by atoms with Gasteiger partial charge in [0, 0.05) is 50.8 Å². The molecule has 0 amide bonds. The SMILES string of the molecule is NCc1cc(Br)cnc1-c1ccc(/C(=N/Cc2cncc(Br)c2)c2ccccc2)cc1. The highest BCUT2D eigenvalue weighted by Gasteiger charge is 2.10. The Labute approximate surface area is 198 Å². The van der Waals surface area contributed by atoms with Gasteiger partial charge in [-0.15, -0.1) is 0 Å². The summed E-state index contributed by atoms with van der Waals surface area (Å²) in [5, 5.41) is 0. The van der Waals surface area contributed by atoms with Crippen LogP contribution >= 0.6 is 31.9 Å². The molecule has 0 bridgehead atoms. The van der Waals surface area contributed by atoms with Gasteiger partial charge in [0.2, 0.25) is 0 Å². The summed E-state index contributed by atoms with van der Waals surface area (Å²) in [5.41, 5.74) is 13.0. The van der Waals surface area contributed by atoms with Crippen molar-refractivity contribution in [1.82, 2.24) is 9.97 Å². The summed E-state index contributed by atoms with van der Waals surface area (Å²) in [4.78, 5) is 13.7. The summed E-state index contributed by atoms with van der Waals surface area (Å²) in [5.74, 6) is 0. The monoisotopic (exact) mass is 534 g/mol. The smallest absolute Gasteiger partial charge is 0.0747 e. The Balaban J connectivity index is 1.70. The van der Waals surface area contributed by atoms with E-state index in [0.717, 1.165) is 48.2 Å². The third-order valence-electron chi connectivity index (χ3n) is 4.81. The summed E-state index contributed by atoms with van der Waals surface area (Å²) in [7, 11) is 0. The van der Waals surface area contributed by atoms with Crippen LogP contribution in [0.4, 0.5) is 0 Å². The number of halogens is 2. The number of nitrogens with zero attached hydrogens (tertiary/aromatic N) is 3. The maximum Gasteiger partial charge on any atom is 0.0747 e. The molecule has 154 valence electrons. The molecule has 4 nitrogen and oxygen atoms in total. The molecule has 2 heterocycles. The fraction of sp³-hybridized carbons (Fsp3) is 0.0800. The normalized spacial score (nSPS) is 11.5. The standard InChI is InChI=1S/C25H20Br2N4/c26-22-10-17(13-29-15-22)14-30-24(18-4-2-1-3-5-18)19-6-8-20(9-7-19)25-21(12-28)11-23(27)16-31-25/h1-11,13,15-16H,12,14,28H2/b30-24+. The van der Waals surface area contributed by atoms with Gasteiger partial charge >= 0.3 is 0 Å². The van der Waals surface area contributed by atoms with Gasteiger partial charge in [-0.05, 0) is 55.1 Å². The summed E-state index contributed by atoms with van der Waals surface area (Å²) < 4.78 is 1.87. The predicted octanol–water partition coefficient (Wildman–Crippen LogP) is 6.16. The second kappa shape index (κ2) is 10.1. The molecule has 0 saturated heterocycles. The Morgan fingerprint density at radius 3 is 2.26 bits per heavy atom. The maximum atomic E-state index is 5.93. The Hall–Kier alpha value is -2.67. The topological polar surface area (TPSA) is 64.2 Å². The summed E-state index contributed by atoms with van der Waals surface area (Å²) in [6, 6.07) is 22.6. The number of hydrogen-bond acceptors (Lipinski definition) is 4. The highest BCUT2D eigenvalue weighted by Crippen LogP contribution is 2.25. The molecule has 0 spiro atoms. The first-order valence-electron chi connectivity index (χ1n) is 9.78. The highest BCUT2D eigenvalue weighted by molar-refractivity contribution is 9.10. The molecule has 4 rings (SSSR count). The molecule has 0 unspecified atom stereocenters. The van der Waals surface area contributed by atoms with E-state index >= 15 is 0 Å². The van der Waals surface area contributed by atoms with Crippen LogP contribution in [0.1, 0.15) is 22.3 Å². The number of benzene rings is 2. The van der Waals surface area contributed by atoms with Gasteiger partial charge in [0.05, 0.1) is 18.0 Å². The van der Waals surface area contributed by atoms with Gasteiger partial charge in [0.25, 0.3) is 0 Å². The fourth-order valence-corrected chi connectivity index (χ4v) is 4.13. The zero-order valence-corrected chi connectivity index (χ0v) is 19.8. The molecule has 0 aliphatic heterocycles. The molecule has 4 aromatic rings. The van der Waals surface area contributed by atoms with Crippen molar-refractivity contribution in [3.63, 3.8) is 0 Å². The molecule has 2 aromatic carbocycles. The van der Waals surface area contributed by atoms with Crippen molar-refractivity contribution >= 4 is 37.6 Å². The van der Waals surface area contributed by atoms with E-state index in [9.17, 15) is 0 Å². The number of rotatable bonds is 6. The number of aliphatic imine (C=N–C) groups is 1. The molecule has 0 radical (unpaired) electrons. The second-order valence-electron chi connectivity index (χ2n) is 6.99. The lowest BCUT2D eigenvalue weighted by atomic mass is 9.99. The minimum Gasteiger partial charge on any atom is -0.326 e. The van der Waals surface area contributed by atoms with Crippen molar-refractivity contribution in [3.05, 3.63) is 117 Å². The summed E-state index contributed by atoms with van der Waals surface area (Å²) in [6.07, 6.45) is 5.41. The van der Waals surface area contributed by atoms with E-state index in [0.29, 0.717) is 13.1 Å². The molecule has 6 heteroatoms. The van der Waals surface area contributed by atoms with Crippen molar-refractivity contribution in [1.29, 1.82) is 0 Å². The molecule has 2 aromatic heterocycles. The number of nitrogens with two attached hydrogens (primary N) is 1. The molecule has 31 heavy (non-hydrogen) atoms. The Kier molecular flexibility index (Phi) is 7.02. The maximum absolute atomic E-state index is 5.93. The van der Waals surface area contributed by atoms with E-state index in [1.165, 1.54) is 0 Å². The minimum absolute atomic E-state index is 0.431. The van der Waals surface area contributed by atoms with E-state index < -0.39 is 0 Å². The fourth-order valence-electron chi connectivity index (χ4n) is 3.34. The van der Waals surface area contributed by atoms with E-state index in [4.69, 9.17) is 10.7 Å². The zero-order valence-electron chi connectivity index (χ0n) is 16.7. The van der Waals surface area contributed by atoms with Crippen LogP contribution < -0.4 is 5.73 Å². The third kappa shape index (κ3) is 5.34. The quantitative estimate of drug-likeness (QED) is 0.300. The lowest BCUT2D eigenvalue weighted by Gasteiger charge is -2.11. The van der Waals surface area contributed by atoms with Gasteiger partial charge in [0.15, 0.2) is 0 Å². The van der Waals surface area contributed by atoms with E-state index in [1.54, 1.807) is 12.4 Å². The van der Waals surface area contributed by atoms with Crippen molar-refractivity contribution in [2.24, 2.45) is 10.7 Å². The average molecular weight is 536 g/mol. The first-order chi connectivity index (χ1) is 15.1.